The van der Waals surface area contributed by atoms with E-state index in [1.54, 1.807) is 6.07 Å². The Balaban J connectivity index is 2.06. The maximum absolute atomic E-state index is 12.9. The topological polar surface area (TPSA) is 18.5 Å². The van der Waals surface area contributed by atoms with E-state index in [-0.39, 0.29) is 4.88 Å². The average molecular weight is 310 g/mol. The molecule has 6 heteroatoms. The van der Waals surface area contributed by atoms with Crippen LogP contribution in [0.25, 0.3) is 10.1 Å². The lowest BCUT2D eigenvalue weighted by molar-refractivity contribution is 0.00578. The molecule has 0 amide bonds. The third kappa shape index (κ3) is 2.39. The van der Waals surface area contributed by atoms with E-state index in [4.69, 9.17) is 9.31 Å². The van der Waals surface area contributed by atoms with Crippen LogP contribution in [0.4, 0.5) is 8.78 Å². The van der Waals surface area contributed by atoms with Crippen molar-refractivity contribution in [2.75, 3.05) is 0 Å². The van der Waals surface area contributed by atoms with Crippen molar-refractivity contribution < 1.29 is 18.1 Å². The highest BCUT2D eigenvalue weighted by Gasteiger charge is 2.52. The molecule has 0 atom stereocenters. The Morgan fingerprint density at radius 1 is 1.10 bits per heavy atom. The van der Waals surface area contributed by atoms with Crippen molar-refractivity contribution in [3.63, 3.8) is 0 Å². The molecule has 1 aromatic carbocycles. The van der Waals surface area contributed by atoms with Gasteiger partial charge in [0.25, 0.3) is 6.43 Å². The van der Waals surface area contributed by atoms with E-state index in [1.165, 1.54) is 0 Å². The normalized spacial score (nSPS) is 20.6. The lowest BCUT2D eigenvalue weighted by Gasteiger charge is -2.32. The molecule has 1 aromatic heterocycles. The van der Waals surface area contributed by atoms with Crippen LogP contribution in [-0.2, 0) is 9.31 Å². The molecular weight excluding hydrogens is 293 g/mol. The maximum Gasteiger partial charge on any atom is 0.496 e. The molecule has 112 valence electrons. The number of alkyl halides is 2. The molecule has 0 unspecified atom stereocenters. The second-order valence-corrected chi connectivity index (χ2v) is 7.39. The van der Waals surface area contributed by atoms with Crippen molar-refractivity contribution in [1.29, 1.82) is 0 Å². The van der Waals surface area contributed by atoms with Gasteiger partial charge in [-0.25, -0.2) is 8.78 Å². The van der Waals surface area contributed by atoms with Crippen LogP contribution in [0, 0.1) is 0 Å². The van der Waals surface area contributed by atoms with Crippen LogP contribution in [0.1, 0.15) is 39.0 Å². The highest BCUT2D eigenvalue weighted by atomic mass is 32.1. The van der Waals surface area contributed by atoms with Gasteiger partial charge in [-0.2, -0.15) is 0 Å². The molecule has 0 saturated carbocycles. The van der Waals surface area contributed by atoms with E-state index in [1.807, 2.05) is 45.9 Å². The van der Waals surface area contributed by atoms with Gasteiger partial charge in [-0.15, -0.1) is 11.3 Å². The smallest absolute Gasteiger partial charge is 0.399 e. The summed E-state index contributed by atoms with van der Waals surface area (Å²) in [5.41, 5.74) is -0.0614. The van der Waals surface area contributed by atoms with Crippen molar-refractivity contribution >= 4 is 34.0 Å². The number of thiophene rings is 1. The van der Waals surface area contributed by atoms with Gasteiger partial charge in [0.05, 0.1) is 16.1 Å². The van der Waals surface area contributed by atoms with Crippen LogP contribution in [0.3, 0.4) is 0 Å². The molecule has 2 aromatic rings. The van der Waals surface area contributed by atoms with Crippen LogP contribution in [0.15, 0.2) is 24.3 Å². The molecule has 0 radical (unpaired) electrons. The standard InChI is InChI=1S/C15H17BF2O2S/c1-14(2)15(3,4)20-16(19-14)10-7-5-6-9-8-11(13(17)18)21-12(9)10/h5-8,13H,1-4H3. The number of benzene rings is 1. The number of rotatable bonds is 2. The molecule has 0 bridgehead atoms. The van der Waals surface area contributed by atoms with Gasteiger partial charge in [-0.1, -0.05) is 18.2 Å². The summed E-state index contributed by atoms with van der Waals surface area (Å²) >= 11 is 1.11. The summed E-state index contributed by atoms with van der Waals surface area (Å²) in [6.07, 6.45) is -2.45. The molecule has 0 aliphatic carbocycles. The van der Waals surface area contributed by atoms with Crippen molar-refractivity contribution in [3.05, 3.63) is 29.1 Å². The summed E-state index contributed by atoms with van der Waals surface area (Å²) in [5.74, 6) is 0. The molecule has 1 aliphatic heterocycles. The molecule has 21 heavy (non-hydrogen) atoms. The number of hydrogen-bond donors (Lipinski definition) is 0. The van der Waals surface area contributed by atoms with Crippen molar-refractivity contribution in [3.8, 4) is 0 Å². The van der Waals surface area contributed by atoms with E-state index in [0.29, 0.717) is 0 Å². The van der Waals surface area contributed by atoms with Crippen molar-refractivity contribution in [2.45, 2.75) is 45.3 Å². The van der Waals surface area contributed by atoms with Crippen LogP contribution < -0.4 is 5.46 Å². The maximum atomic E-state index is 12.9. The van der Waals surface area contributed by atoms with Crippen LogP contribution in [0.2, 0.25) is 0 Å². The Morgan fingerprint density at radius 3 is 2.29 bits per heavy atom. The molecule has 1 aliphatic rings. The average Bonchev–Trinajstić information content (AvgIpc) is 2.88. The van der Waals surface area contributed by atoms with Crippen molar-refractivity contribution in [2.24, 2.45) is 0 Å². The highest BCUT2D eigenvalue weighted by molar-refractivity contribution is 7.20. The molecule has 1 fully saturated rings. The van der Waals surface area contributed by atoms with E-state index < -0.39 is 24.7 Å². The summed E-state index contributed by atoms with van der Waals surface area (Å²) in [5, 5.41) is 0.808. The third-order valence-corrected chi connectivity index (χ3v) is 5.52. The predicted octanol–water partition coefficient (Wildman–Crippen LogP) is 4.14. The van der Waals surface area contributed by atoms with E-state index in [2.05, 4.69) is 0 Å². The van der Waals surface area contributed by atoms with Crippen molar-refractivity contribution in [1.82, 2.24) is 0 Å². The summed E-state index contributed by atoms with van der Waals surface area (Å²) in [6.45, 7) is 7.91. The van der Waals surface area contributed by atoms with Crippen LogP contribution in [-0.4, -0.2) is 18.3 Å². The molecular formula is C15H17BF2O2S. The first-order chi connectivity index (χ1) is 9.71. The van der Waals surface area contributed by atoms with Gasteiger partial charge in [-0.05, 0) is 39.1 Å². The number of fused-ring (bicyclic) bond motifs is 1. The Hall–Kier alpha value is -0.975. The minimum absolute atomic E-state index is 0.0777. The molecule has 0 N–H and O–H groups in total. The molecule has 0 spiro atoms. The van der Waals surface area contributed by atoms with Gasteiger partial charge in [0, 0.05) is 10.2 Å². The number of halogens is 2. The Labute approximate surface area is 127 Å². The summed E-state index contributed by atoms with van der Waals surface area (Å²) in [4.78, 5) is 0.0777. The third-order valence-electron chi connectivity index (χ3n) is 4.32. The first kappa shape index (κ1) is 14.9. The minimum Gasteiger partial charge on any atom is -0.399 e. The Kier molecular flexibility index (Phi) is 3.39. The molecule has 2 heterocycles. The Morgan fingerprint density at radius 2 is 1.71 bits per heavy atom. The van der Waals surface area contributed by atoms with Gasteiger partial charge in [-0.3, -0.25) is 0 Å². The molecule has 2 nitrogen and oxygen atoms in total. The first-order valence-corrected chi connectivity index (χ1v) is 7.69. The lowest BCUT2D eigenvalue weighted by atomic mass is 9.78. The zero-order valence-electron chi connectivity index (χ0n) is 12.4. The number of hydrogen-bond acceptors (Lipinski definition) is 3. The zero-order chi connectivity index (χ0) is 15.4. The summed E-state index contributed by atoms with van der Waals surface area (Å²) < 4.78 is 38.7. The SMILES string of the molecule is CC1(C)OB(c2cccc3cc(C(F)F)sc23)OC1(C)C. The fourth-order valence-electron chi connectivity index (χ4n) is 2.37. The first-order valence-electron chi connectivity index (χ1n) is 6.87. The monoisotopic (exact) mass is 310 g/mol. The fourth-order valence-corrected chi connectivity index (χ4v) is 3.41. The lowest BCUT2D eigenvalue weighted by Crippen LogP contribution is -2.41. The van der Waals surface area contributed by atoms with Gasteiger partial charge in [0.15, 0.2) is 0 Å². The zero-order valence-corrected chi connectivity index (χ0v) is 13.3. The predicted molar refractivity (Wildman–Crippen MR) is 82.5 cm³/mol. The summed E-state index contributed by atoms with van der Waals surface area (Å²) in [7, 11) is -0.525. The van der Waals surface area contributed by atoms with E-state index >= 15 is 0 Å². The fraction of sp³-hybridized carbons (Fsp3) is 0.467. The van der Waals surface area contributed by atoms with Crippen LogP contribution in [0.5, 0.6) is 0 Å². The molecule has 1 saturated heterocycles. The second-order valence-electron chi connectivity index (χ2n) is 6.30. The second kappa shape index (κ2) is 4.76. The molecule has 3 rings (SSSR count). The minimum atomic E-state index is -2.45. The van der Waals surface area contributed by atoms with E-state index in [0.717, 1.165) is 26.9 Å². The quantitative estimate of drug-likeness (QED) is 0.776. The van der Waals surface area contributed by atoms with Gasteiger partial charge in [0.2, 0.25) is 0 Å². The van der Waals surface area contributed by atoms with Gasteiger partial charge < -0.3 is 9.31 Å². The largest absolute Gasteiger partial charge is 0.496 e. The highest BCUT2D eigenvalue weighted by Crippen LogP contribution is 2.38. The van der Waals surface area contributed by atoms with E-state index in [9.17, 15) is 8.78 Å². The van der Waals surface area contributed by atoms with Crippen LogP contribution >= 0.6 is 11.3 Å². The van der Waals surface area contributed by atoms with Gasteiger partial charge in [0.1, 0.15) is 0 Å². The summed E-state index contributed by atoms with van der Waals surface area (Å²) in [6, 6.07) is 7.12. The van der Waals surface area contributed by atoms with Gasteiger partial charge >= 0.3 is 7.12 Å². The Bertz CT molecular complexity index is 665.